The van der Waals surface area contributed by atoms with Gasteiger partial charge in [0, 0.05) is 23.0 Å². The van der Waals surface area contributed by atoms with Crippen LogP contribution in [0.3, 0.4) is 0 Å². The average molecular weight is 284 g/mol. The van der Waals surface area contributed by atoms with Gasteiger partial charge in [0.2, 0.25) is 0 Å². The Morgan fingerprint density at radius 1 is 1.10 bits per heavy atom. The fraction of sp³-hybridized carbons (Fsp3) is 0. The van der Waals surface area contributed by atoms with Gasteiger partial charge in [-0.05, 0) is 29.8 Å². The number of amides is 1. The van der Waals surface area contributed by atoms with Crippen LogP contribution >= 0.6 is 11.6 Å². The van der Waals surface area contributed by atoms with Crippen molar-refractivity contribution in [3.05, 3.63) is 70.6 Å². The maximum absolute atomic E-state index is 11.9. The van der Waals surface area contributed by atoms with E-state index in [0.29, 0.717) is 16.6 Å². The van der Waals surface area contributed by atoms with Crippen molar-refractivity contribution >= 4 is 29.4 Å². The summed E-state index contributed by atoms with van der Waals surface area (Å²) in [5, 5.41) is 3.32. The van der Waals surface area contributed by atoms with Gasteiger partial charge in [-0.1, -0.05) is 29.8 Å². The quantitative estimate of drug-likeness (QED) is 0.862. The number of nitrogens with zero attached hydrogens (tertiary/aromatic N) is 2. The van der Waals surface area contributed by atoms with Gasteiger partial charge in [-0.3, -0.25) is 9.78 Å². The number of hydrogen-bond donors (Lipinski definition) is 1. The van der Waals surface area contributed by atoms with Crippen molar-refractivity contribution in [3.8, 4) is 0 Å². The molecule has 0 radical (unpaired) electrons. The molecule has 0 atom stereocenters. The Morgan fingerprint density at radius 3 is 2.60 bits per heavy atom. The Balaban J connectivity index is 1.97. The summed E-state index contributed by atoms with van der Waals surface area (Å²) in [5.41, 5.74) is 1.92. The molecule has 20 heavy (non-hydrogen) atoms. The molecule has 1 amide bonds. The minimum absolute atomic E-state index is 0.239. The molecule has 3 rings (SSSR count). The van der Waals surface area contributed by atoms with E-state index in [-0.39, 0.29) is 5.91 Å². The number of carbonyl (C=O) groups is 1. The topological polar surface area (TPSA) is 54.4 Å². The lowest BCUT2D eigenvalue weighted by Crippen LogP contribution is -2.24. The first-order valence-electron chi connectivity index (χ1n) is 6.01. The monoisotopic (exact) mass is 283 g/mol. The molecule has 0 bridgehead atoms. The highest BCUT2D eigenvalue weighted by molar-refractivity contribution is 6.32. The molecular formula is C15H10ClN3O. The van der Waals surface area contributed by atoms with Gasteiger partial charge < -0.3 is 5.32 Å². The molecule has 0 fully saturated rings. The smallest absolute Gasteiger partial charge is 0.275 e. The Hall–Kier alpha value is -2.46. The molecule has 1 aliphatic rings. The van der Waals surface area contributed by atoms with Crippen molar-refractivity contribution in [1.82, 2.24) is 10.3 Å². The molecule has 0 aliphatic carbocycles. The summed E-state index contributed by atoms with van der Waals surface area (Å²) in [5.74, 6) is 0.285. The average Bonchev–Trinajstić information content (AvgIpc) is 2.84. The first kappa shape index (κ1) is 12.6. The molecule has 0 saturated heterocycles. The maximum atomic E-state index is 11.9. The summed E-state index contributed by atoms with van der Waals surface area (Å²) < 4.78 is 0. The summed E-state index contributed by atoms with van der Waals surface area (Å²) in [6, 6.07) is 10.9. The largest absolute Gasteiger partial charge is 0.305 e. The molecule has 4 nitrogen and oxygen atoms in total. The molecule has 1 aromatic carbocycles. The molecule has 2 heterocycles. The summed E-state index contributed by atoms with van der Waals surface area (Å²) in [6.45, 7) is 0. The van der Waals surface area contributed by atoms with Crippen LogP contribution in [0.5, 0.6) is 0 Å². The van der Waals surface area contributed by atoms with Crippen molar-refractivity contribution in [1.29, 1.82) is 0 Å². The first-order valence-corrected chi connectivity index (χ1v) is 6.38. The van der Waals surface area contributed by atoms with Crippen LogP contribution < -0.4 is 5.32 Å². The number of aliphatic imine (C=N–C) groups is 1. The van der Waals surface area contributed by atoms with Gasteiger partial charge in [0.05, 0.1) is 0 Å². The molecule has 2 aromatic rings. The number of benzene rings is 1. The third kappa shape index (κ3) is 2.46. The lowest BCUT2D eigenvalue weighted by molar-refractivity contribution is -0.115. The van der Waals surface area contributed by atoms with Crippen LogP contribution in [0.25, 0.3) is 6.08 Å². The van der Waals surface area contributed by atoms with Crippen LogP contribution in [0.15, 0.2) is 59.5 Å². The first-order chi connectivity index (χ1) is 9.74. The Labute approximate surface area is 120 Å². The second-order valence-electron chi connectivity index (χ2n) is 4.20. The van der Waals surface area contributed by atoms with Gasteiger partial charge in [0.15, 0.2) is 0 Å². The van der Waals surface area contributed by atoms with Crippen LogP contribution in [0.4, 0.5) is 0 Å². The predicted octanol–water partition coefficient (Wildman–Crippen LogP) is 2.65. The van der Waals surface area contributed by atoms with E-state index < -0.39 is 0 Å². The molecule has 0 saturated carbocycles. The number of amidine groups is 1. The fourth-order valence-corrected chi connectivity index (χ4v) is 2.04. The number of pyridine rings is 1. The van der Waals surface area contributed by atoms with E-state index >= 15 is 0 Å². The summed E-state index contributed by atoms with van der Waals surface area (Å²) >= 11 is 6.07. The van der Waals surface area contributed by atoms with Crippen molar-refractivity contribution in [2.24, 2.45) is 4.99 Å². The van der Waals surface area contributed by atoms with E-state index in [1.165, 1.54) is 0 Å². The number of rotatable bonds is 2. The van der Waals surface area contributed by atoms with Crippen molar-refractivity contribution in [3.63, 3.8) is 0 Å². The number of hydrogen-bond acceptors (Lipinski definition) is 3. The highest BCUT2D eigenvalue weighted by atomic mass is 35.5. The molecule has 1 aromatic heterocycles. The van der Waals surface area contributed by atoms with E-state index in [0.717, 1.165) is 11.1 Å². The van der Waals surface area contributed by atoms with Crippen molar-refractivity contribution < 1.29 is 4.79 Å². The van der Waals surface area contributed by atoms with Crippen LogP contribution in [0.2, 0.25) is 5.02 Å². The number of aromatic nitrogens is 1. The van der Waals surface area contributed by atoms with E-state index in [1.807, 2.05) is 18.2 Å². The molecule has 5 heteroatoms. The summed E-state index contributed by atoms with van der Waals surface area (Å²) in [7, 11) is 0. The molecule has 1 aliphatic heterocycles. The van der Waals surface area contributed by atoms with Crippen molar-refractivity contribution in [2.75, 3.05) is 0 Å². The zero-order valence-corrected chi connectivity index (χ0v) is 11.1. The van der Waals surface area contributed by atoms with Crippen LogP contribution in [0.1, 0.15) is 11.1 Å². The standard InChI is InChI=1S/C15H10ClN3O/c16-12-4-2-1-3-11(12)9-13-15(20)19-14(18-13)10-5-7-17-8-6-10/h1-9H,(H,18,19,20)/b13-9-. The third-order valence-corrected chi connectivity index (χ3v) is 3.19. The van der Waals surface area contributed by atoms with Crippen LogP contribution in [-0.4, -0.2) is 16.7 Å². The van der Waals surface area contributed by atoms with Crippen LogP contribution in [-0.2, 0) is 4.79 Å². The lowest BCUT2D eigenvalue weighted by atomic mass is 10.2. The number of nitrogens with one attached hydrogen (secondary N) is 1. The van der Waals surface area contributed by atoms with E-state index in [1.54, 1.807) is 36.7 Å². The molecular weight excluding hydrogens is 274 g/mol. The molecule has 0 unspecified atom stereocenters. The Bertz CT molecular complexity index is 723. The van der Waals surface area contributed by atoms with Gasteiger partial charge >= 0.3 is 0 Å². The molecule has 1 N–H and O–H groups in total. The third-order valence-electron chi connectivity index (χ3n) is 2.85. The molecule has 98 valence electrons. The van der Waals surface area contributed by atoms with E-state index in [2.05, 4.69) is 15.3 Å². The molecule has 0 spiro atoms. The van der Waals surface area contributed by atoms with Gasteiger partial charge in [-0.25, -0.2) is 4.99 Å². The number of halogens is 1. The maximum Gasteiger partial charge on any atom is 0.275 e. The normalized spacial score (nSPS) is 16.1. The second kappa shape index (κ2) is 5.27. The van der Waals surface area contributed by atoms with E-state index in [9.17, 15) is 4.79 Å². The predicted molar refractivity (Wildman–Crippen MR) is 78.3 cm³/mol. The fourth-order valence-electron chi connectivity index (χ4n) is 1.85. The van der Waals surface area contributed by atoms with Gasteiger partial charge in [-0.15, -0.1) is 0 Å². The summed E-state index contributed by atoms with van der Waals surface area (Å²) in [6.07, 6.45) is 4.98. The minimum Gasteiger partial charge on any atom is -0.305 e. The van der Waals surface area contributed by atoms with Gasteiger partial charge in [-0.2, -0.15) is 0 Å². The highest BCUT2D eigenvalue weighted by Gasteiger charge is 2.21. The van der Waals surface area contributed by atoms with Crippen LogP contribution in [0, 0.1) is 0 Å². The summed E-state index contributed by atoms with van der Waals surface area (Å²) in [4.78, 5) is 20.2. The highest BCUT2D eigenvalue weighted by Crippen LogP contribution is 2.20. The second-order valence-corrected chi connectivity index (χ2v) is 4.61. The van der Waals surface area contributed by atoms with E-state index in [4.69, 9.17) is 11.6 Å². The van der Waals surface area contributed by atoms with Gasteiger partial charge in [0.25, 0.3) is 5.91 Å². The zero-order chi connectivity index (χ0) is 13.9. The lowest BCUT2D eigenvalue weighted by Gasteiger charge is -1.98. The minimum atomic E-state index is -0.239. The Morgan fingerprint density at radius 2 is 1.85 bits per heavy atom. The Kier molecular flexibility index (Phi) is 3.31. The SMILES string of the molecule is O=C1NC(c2ccncc2)=N/C1=C\c1ccccc1Cl. The zero-order valence-electron chi connectivity index (χ0n) is 10.4. The number of carbonyl (C=O) groups excluding carboxylic acids is 1. The van der Waals surface area contributed by atoms with Gasteiger partial charge in [0.1, 0.15) is 11.5 Å². The van der Waals surface area contributed by atoms with Crippen molar-refractivity contribution in [2.45, 2.75) is 0 Å².